The lowest BCUT2D eigenvalue weighted by Crippen LogP contribution is -2.06. The maximum atomic E-state index is 9.89. The summed E-state index contributed by atoms with van der Waals surface area (Å²) >= 11 is 0. The van der Waals surface area contributed by atoms with Crippen molar-refractivity contribution in [2.75, 3.05) is 0 Å². The smallest absolute Gasteiger partial charge is 0.430 e. The maximum absolute atomic E-state index is 9.89. The van der Waals surface area contributed by atoms with Gasteiger partial charge >= 0.3 is 12.1 Å². The third-order valence-corrected chi connectivity index (χ3v) is 0.345. The zero-order valence-corrected chi connectivity index (χ0v) is 4.34. The first-order valence-electron chi connectivity index (χ1n) is 1.81. The summed E-state index contributed by atoms with van der Waals surface area (Å²) in [5.41, 5.74) is 0. The highest BCUT2D eigenvalue weighted by Gasteiger charge is 2.01. The summed E-state index contributed by atoms with van der Waals surface area (Å²) in [4.78, 5) is 19.8. The van der Waals surface area contributed by atoms with Crippen LogP contribution in [0.1, 0.15) is 6.92 Å². The standard InChI is InChI=1S/C4H5O4/c1-3(5)8-4(6)7-2/h2H2,1H3. The fraction of sp³-hybridized carbons (Fsp3) is 0.250. The van der Waals surface area contributed by atoms with Gasteiger partial charge in [0.05, 0.1) is 0 Å². The van der Waals surface area contributed by atoms with E-state index in [1.54, 1.807) is 0 Å². The summed E-state index contributed by atoms with van der Waals surface area (Å²) < 4.78 is 7.57. The Morgan fingerprint density at radius 2 is 2.00 bits per heavy atom. The fourth-order valence-corrected chi connectivity index (χ4v) is 0.147. The van der Waals surface area contributed by atoms with Crippen LogP contribution in [0.15, 0.2) is 0 Å². The van der Waals surface area contributed by atoms with E-state index in [0.717, 1.165) is 6.92 Å². The zero-order chi connectivity index (χ0) is 6.57. The Morgan fingerprint density at radius 1 is 1.50 bits per heavy atom. The molecule has 4 heteroatoms. The molecule has 0 aliphatic heterocycles. The minimum absolute atomic E-state index is 0.710. The second kappa shape index (κ2) is 3.01. The van der Waals surface area contributed by atoms with E-state index in [1.165, 1.54) is 0 Å². The fourth-order valence-electron chi connectivity index (χ4n) is 0.147. The summed E-state index contributed by atoms with van der Waals surface area (Å²) in [5, 5.41) is 0. The van der Waals surface area contributed by atoms with Crippen LogP contribution in [0.3, 0.4) is 0 Å². The molecule has 0 unspecified atom stereocenters. The third-order valence-electron chi connectivity index (χ3n) is 0.345. The zero-order valence-electron chi connectivity index (χ0n) is 4.34. The molecule has 0 amide bonds. The number of carbonyl (C=O) groups excluding carboxylic acids is 2. The van der Waals surface area contributed by atoms with Gasteiger partial charge in [0.15, 0.2) is 0 Å². The SMILES string of the molecule is [CH2]OC(=O)OC(C)=O. The van der Waals surface area contributed by atoms with Gasteiger partial charge in [0.25, 0.3) is 0 Å². The molecule has 1 radical (unpaired) electrons. The van der Waals surface area contributed by atoms with Crippen LogP contribution in [-0.2, 0) is 14.3 Å². The molecular formula is C4H5O4. The summed E-state index contributed by atoms with van der Waals surface area (Å²) in [6, 6.07) is 0. The Balaban J connectivity index is 3.40. The highest BCUT2D eigenvalue weighted by molar-refractivity contribution is 5.79. The number of carbonyl (C=O) groups is 2. The number of ether oxygens (including phenoxy) is 2. The van der Waals surface area contributed by atoms with E-state index in [-0.39, 0.29) is 0 Å². The van der Waals surface area contributed by atoms with E-state index in [2.05, 4.69) is 16.6 Å². The van der Waals surface area contributed by atoms with Crippen molar-refractivity contribution in [1.82, 2.24) is 0 Å². The molecule has 0 bridgehead atoms. The Bertz CT molecular complexity index is 107. The molecule has 0 atom stereocenters. The van der Waals surface area contributed by atoms with Gasteiger partial charge in [0.1, 0.15) is 7.11 Å². The molecule has 0 saturated carbocycles. The maximum Gasteiger partial charge on any atom is 0.516 e. The molecule has 0 N–H and O–H groups in total. The van der Waals surface area contributed by atoms with Crippen molar-refractivity contribution in [2.24, 2.45) is 0 Å². The highest BCUT2D eigenvalue weighted by Crippen LogP contribution is 1.81. The molecule has 0 aromatic rings. The quantitative estimate of drug-likeness (QED) is 0.342. The van der Waals surface area contributed by atoms with Crippen molar-refractivity contribution in [3.8, 4) is 0 Å². The minimum atomic E-state index is -1.09. The summed E-state index contributed by atoms with van der Waals surface area (Å²) in [6.07, 6.45) is -1.09. The number of rotatable bonds is 0. The van der Waals surface area contributed by atoms with E-state index in [9.17, 15) is 9.59 Å². The first-order chi connectivity index (χ1) is 3.66. The van der Waals surface area contributed by atoms with E-state index >= 15 is 0 Å². The average molecular weight is 117 g/mol. The molecule has 0 aromatic heterocycles. The normalized spacial score (nSPS) is 7.75. The lowest BCUT2D eigenvalue weighted by Gasteiger charge is -1.92. The molecule has 0 heterocycles. The van der Waals surface area contributed by atoms with Crippen molar-refractivity contribution in [3.63, 3.8) is 0 Å². The van der Waals surface area contributed by atoms with Crippen molar-refractivity contribution in [3.05, 3.63) is 7.11 Å². The minimum Gasteiger partial charge on any atom is -0.430 e. The monoisotopic (exact) mass is 117 g/mol. The number of hydrogen-bond acceptors (Lipinski definition) is 4. The molecule has 45 valence electrons. The molecule has 0 spiro atoms. The summed E-state index contributed by atoms with van der Waals surface area (Å²) in [6.45, 7) is 1.09. The van der Waals surface area contributed by atoms with E-state index in [4.69, 9.17) is 0 Å². The summed E-state index contributed by atoms with van der Waals surface area (Å²) in [5.74, 6) is -0.710. The van der Waals surface area contributed by atoms with E-state index in [1.807, 2.05) is 0 Å². The van der Waals surface area contributed by atoms with Gasteiger partial charge in [-0.25, -0.2) is 4.79 Å². The molecule has 0 aromatic carbocycles. The van der Waals surface area contributed by atoms with Gasteiger partial charge in [-0.15, -0.1) is 0 Å². The second-order valence-corrected chi connectivity index (χ2v) is 0.988. The van der Waals surface area contributed by atoms with Crippen molar-refractivity contribution in [1.29, 1.82) is 0 Å². The van der Waals surface area contributed by atoms with Crippen LogP contribution in [0.5, 0.6) is 0 Å². The van der Waals surface area contributed by atoms with Crippen LogP contribution in [0.4, 0.5) is 4.79 Å². The average Bonchev–Trinajstić information content (AvgIpc) is 1.65. The van der Waals surface area contributed by atoms with Gasteiger partial charge in [0, 0.05) is 6.92 Å². The van der Waals surface area contributed by atoms with Gasteiger partial charge in [-0.1, -0.05) is 0 Å². The molecule has 0 rings (SSSR count). The molecule has 4 nitrogen and oxygen atoms in total. The topological polar surface area (TPSA) is 52.6 Å². The van der Waals surface area contributed by atoms with Crippen molar-refractivity contribution in [2.45, 2.75) is 6.92 Å². The van der Waals surface area contributed by atoms with Gasteiger partial charge < -0.3 is 9.47 Å². The Morgan fingerprint density at radius 3 is 2.12 bits per heavy atom. The van der Waals surface area contributed by atoms with Crippen LogP contribution < -0.4 is 0 Å². The van der Waals surface area contributed by atoms with Crippen molar-refractivity contribution >= 4 is 12.1 Å². The van der Waals surface area contributed by atoms with E-state index in [0.29, 0.717) is 0 Å². The lowest BCUT2D eigenvalue weighted by atomic mass is 10.8. The molecule has 0 saturated heterocycles. The first-order valence-corrected chi connectivity index (χ1v) is 1.81. The molecule has 8 heavy (non-hydrogen) atoms. The van der Waals surface area contributed by atoms with E-state index < -0.39 is 12.1 Å². The Kier molecular flexibility index (Phi) is 2.61. The van der Waals surface area contributed by atoms with Crippen LogP contribution in [0, 0.1) is 7.11 Å². The molecule has 0 aliphatic carbocycles. The molecular weight excluding hydrogens is 112 g/mol. The number of hydrogen-bond donors (Lipinski definition) is 0. The van der Waals surface area contributed by atoms with Gasteiger partial charge in [-0.3, -0.25) is 4.79 Å². The Labute approximate surface area is 46.4 Å². The van der Waals surface area contributed by atoms with Crippen LogP contribution in [0.2, 0.25) is 0 Å². The second-order valence-electron chi connectivity index (χ2n) is 0.988. The number of esters is 1. The van der Waals surface area contributed by atoms with Gasteiger partial charge in [-0.2, -0.15) is 0 Å². The molecule has 0 aliphatic rings. The predicted octanol–water partition coefficient (Wildman–Crippen LogP) is 0.478. The highest BCUT2D eigenvalue weighted by atomic mass is 16.7. The third kappa shape index (κ3) is 3.14. The summed E-state index contributed by atoms with van der Waals surface area (Å²) in [7, 11) is 2.71. The lowest BCUT2D eigenvalue weighted by molar-refractivity contribution is -0.136. The molecule has 0 fully saturated rings. The van der Waals surface area contributed by atoms with Crippen LogP contribution >= 0.6 is 0 Å². The van der Waals surface area contributed by atoms with Crippen molar-refractivity contribution < 1.29 is 19.1 Å². The Hall–Kier alpha value is -1.06. The van der Waals surface area contributed by atoms with Crippen LogP contribution in [-0.4, -0.2) is 12.1 Å². The van der Waals surface area contributed by atoms with Gasteiger partial charge in [-0.05, 0) is 0 Å². The van der Waals surface area contributed by atoms with Gasteiger partial charge in [0.2, 0.25) is 0 Å². The van der Waals surface area contributed by atoms with Crippen LogP contribution in [0.25, 0.3) is 0 Å². The first kappa shape index (κ1) is 6.94. The predicted molar refractivity (Wildman–Crippen MR) is 23.6 cm³/mol. The largest absolute Gasteiger partial charge is 0.516 e.